The van der Waals surface area contributed by atoms with Crippen molar-refractivity contribution in [3.63, 3.8) is 0 Å². The number of benzene rings is 2. The molecule has 0 atom stereocenters. The van der Waals surface area contributed by atoms with Crippen molar-refractivity contribution in [1.29, 1.82) is 0 Å². The van der Waals surface area contributed by atoms with Crippen LogP contribution in [0.3, 0.4) is 0 Å². The molecule has 0 aliphatic carbocycles. The molecule has 0 bridgehead atoms. The number of halogens is 1. The number of ether oxygens (including phenoxy) is 1. The summed E-state index contributed by atoms with van der Waals surface area (Å²) in [6.07, 6.45) is 0. The van der Waals surface area contributed by atoms with E-state index in [2.05, 4.69) is 15.5 Å². The molecule has 0 amide bonds. The molecular weight excluding hydrogens is 331 g/mol. The maximum atomic E-state index is 12.9. The van der Waals surface area contributed by atoms with Crippen molar-refractivity contribution < 1.29 is 13.9 Å². The van der Waals surface area contributed by atoms with Crippen LogP contribution in [0.25, 0.3) is 5.69 Å². The number of carbonyl (C=O) groups excluding carboxylic acids is 1. The molecule has 122 valence electrons. The van der Waals surface area contributed by atoms with Crippen molar-refractivity contribution in [3.05, 3.63) is 59.9 Å². The molecule has 6 nitrogen and oxygen atoms in total. The summed E-state index contributed by atoms with van der Waals surface area (Å²) in [4.78, 5) is 12.2. The lowest BCUT2D eigenvalue weighted by atomic mass is 10.1. The summed E-state index contributed by atoms with van der Waals surface area (Å²) in [5, 5.41) is 12.0. The van der Waals surface area contributed by atoms with Crippen LogP contribution in [0.4, 0.5) is 4.39 Å². The normalized spacial score (nSPS) is 10.6. The van der Waals surface area contributed by atoms with Crippen LogP contribution in [0.2, 0.25) is 0 Å². The Hall–Kier alpha value is -2.74. The van der Waals surface area contributed by atoms with Gasteiger partial charge in [0.2, 0.25) is 5.16 Å². The lowest BCUT2D eigenvalue weighted by molar-refractivity contribution is 0.102. The molecule has 0 fully saturated rings. The second kappa shape index (κ2) is 7.22. The van der Waals surface area contributed by atoms with Crippen molar-refractivity contribution in [1.82, 2.24) is 20.2 Å². The summed E-state index contributed by atoms with van der Waals surface area (Å²) in [6, 6.07) is 12.8. The number of nitrogens with zero attached hydrogens (tertiary/aromatic N) is 4. The Kier molecular flexibility index (Phi) is 4.85. The number of methoxy groups -OCH3 is 1. The first-order chi connectivity index (χ1) is 11.7. The van der Waals surface area contributed by atoms with Gasteiger partial charge in [-0.1, -0.05) is 23.9 Å². The molecule has 8 heteroatoms. The predicted octanol–water partition coefficient (Wildman–Crippen LogP) is 2.79. The Bertz CT molecular complexity index is 851. The van der Waals surface area contributed by atoms with Gasteiger partial charge >= 0.3 is 0 Å². The molecule has 0 saturated carbocycles. The molecule has 0 spiro atoms. The molecule has 3 aromatic rings. The summed E-state index contributed by atoms with van der Waals surface area (Å²) in [5.41, 5.74) is 1.13. The van der Waals surface area contributed by atoms with E-state index in [0.717, 1.165) is 0 Å². The highest BCUT2D eigenvalue weighted by Crippen LogP contribution is 2.25. The molecule has 24 heavy (non-hydrogen) atoms. The minimum atomic E-state index is -0.376. The van der Waals surface area contributed by atoms with Gasteiger partial charge in [-0.2, -0.15) is 4.68 Å². The van der Waals surface area contributed by atoms with Crippen LogP contribution in [0.15, 0.2) is 53.7 Å². The van der Waals surface area contributed by atoms with Crippen LogP contribution in [0.5, 0.6) is 5.75 Å². The largest absolute Gasteiger partial charge is 0.494 e. The number of hydrogen-bond acceptors (Lipinski definition) is 6. The summed E-state index contributed by atoms with van der Waals surface area (Å²) in [6.45, 7) is 0. The summed E-state index contributed by atoms with van der Waals surface area (Å²) < 4.78 is 19.7. The maximum Gasteiger partial charge on any atom is 0.214 e. The van der Waals surface area contributed by atoms with Crippen LogP contribution in [0, 0.1) is 5.82 Å². The van der Waals surface area contributed by atoms with Gasteiger partial charge in [0.15, 0.2) is 5.78 Å². The van der Waals surface area contributed by atoms with Crippen LogP contribution in [0.1, 0.15) is 10.4 Å². The van der Waals surface area contributed by atoms with Gasteiger partial charge in [0.1, 0.15) is 17.3 Å². The quantitative estimate of drug-likeness (QED) is 0.506. The fourth-order valence-electron chi connectivity index (χ4n) is 2.07. The Labute approximate surface area is 141 Å². The van der Waals surface area contributed by atoms with E-state index in [1.165, 1.54) is 40.7 Å². The third-order valence-corrected chi connectivity index (χ3v) is 4.17. The molecule has 1 heterocycles. The summed E-state index contributed by atoms with van der Waals surface area (Å²) in [7, 11) is 1.56. The monoisotopic (exact) mass is 344 g/mol. The topological polar surface area (TPSA) is 69.9 Å². The van der Waals surface area contributed by atoms with Crippen molar-refractivity contribution in [2.75, 3.05) is 12.9 Å². The van der Waals surface area contributed by atoms with Gasteiger partial charge in [-0.25, -0.2) is 4.39 Å². The number of para-hydroxylation sites is 2. The van der Waals surface area contributed by atoms with E-state index in [4.69, 9.17) is 4.74 Å². The number of ketones is 1. The fraction of sp³-hybridized carbons (Fsp3) is 0.125. The second-order valence-corrected chi connectivity index (χ2v) is 5.71. The zero-order valence-corrected chi connectivity index (χ0v) is 13.5. The number of carbonyl (C=O) groups is 1. The number of rotatable bonds is 6. The summed E-state index contributed by atoms with van der Waals surface area (Å²) >= 11 is 1.20. The number of aromatic nitrogens is 4. The van der Waals surface area contributed by atoms with Crippen molar-refractivity contribution >= 4 is 17.5 Å². The predicted molar refractivity (Wildman–Crippen MR) is 87.2 cm³/mol. The molecule has 0 unspecified atom stereocenters. The Morgan fingerprint density at radius 1 is 1.21 bits per heavy atom. The molecule has 0 saturated heterocycles. The van der Waals surface area contributed by atoms with Crippen molar-refractivity contribution in [2.45, 2.75) is 5.16 Å². The molecule has 2 aromatic carbocycles. The lowest BCUT2D eigenvalue weighted by Gasteiger charge is -2.08. The van der Waals surface area contributed by atoms with Gasteiger partial charge in [0, 0.05) is 5.56 Å². The van der Waals surface area contributed by atoms with Gasteiger partial charge in [0.05, 0.1) is 12.9 Å². The standard InChI is InChI=1S/C16H13FN4O2S/c1-23-15-5-3-2-4-13(15)21-16(18-19-20-21)24-10-14(22)11-6-8-12(17)9-7-11/h2-9H,10H2,1H3. The van der Waals surface area contributed by atoms with E-state index in [1.807, 2.05) is 18.2 Å². The molecule has 0 aliphatic rings. The van der Waals surface area contributed by atoms with Gasteiger partial charge in [-0.05, 0) is 46.8 Å². The molecule has 0 aliphatic heterocycles. The zero-order valence-electron chi connectivity index (χ0n) is 12.7. The Morgan fingerprint density at radius 2 is 1.96 bits per heavy atom. The maximum absolute atomic E-state index is 12.9. The van der Waals surface area contributed by atoms with Crippen molar-refractivity contribution in [2.24, 2.45) is 0 Å². The number of hydrogen-bond donors (Lipinski definition) is 0. The minimum absolute atomic E-state index is 0.130. The van der Waals surface area contributed by atoms with Crippen LogP contribution >= 0.6 is 11.8 Å². The minimum Gasteiger partial charge on any atom is -0.494 e. The van der Waals surface area contributed by atoms with Crippen LogP contribution in [-0.4, -0.2) is 38.9 Å². The fourth-order valence-corrected chi connectivity index (χ4v) is 2.85. The SMILES string of the molecule is COc1ccccc1-n1nnnc1SCC(=O)c1ccc(F)cc1. The van der Waals surface area contributed by atoms with Gasteiger partial charge in [0.25, 0.3) is 0 Å². The highest BCUT2D eigenvalue weighted by molar-refractivity contribution is 7.99. The third kappa shape index (κ3) is 3.43. The Morgan fingerprint density at radius 3 is 2.71 bits per heavy atom. The molecule has 1 aromatic heterocycles. The average molecular weight is 344 g/mol. The molecular formula is C16H13FN4O2S. The lowest BCUT2D eigenvalue weighted by Crippen LogP contribution is -2.05. The van der Waals surface area contributed by atoms with E-state index in [1.54, 1.807) is 13.2 Å². The highest BCUT2D eigenvalue weighted by atomic mass is 32.2. The summed E-state index contributed by atoms with van der Waals surface area (Å²) in [5.74, 6) is 0.256. The zero-order chi connectivity index (χ0) is 16.9. The first-order valence-corrected chi connectivity index (χ1v) is 8.01. The van der Waals surface area contributed by atoms with Gasteiger partial charge in [-0.15, -0.1) is 5.10 Å². The third-order valence-electron chi connectivity index (χ3n) is 3.25. The molecule has 3 rings (SSSR count). The first kappa shape index (κ1) is 16.1. The van der Waals surface area contributed by atoms with E-state index < -0.39 is 0 Å². The van der Waals surface area contributed by atoms with E-state index in [9.17, 15) is 9.18 Å². The second-order valence-electron chi connectivity index (χ2n) is 4.76. The van der Waals surface area contributed by atoms with Gasteiger partial charge < -0.3 is 4.74 Å². The number of Topliss-reactive ketones (excluding diaryl/α,β-unsaturated/α-hetero) is 1. The smallest absolute Gasteiger partial charge is 0.214 e. The van der Waals surface area contributed by atoms with E-state index >= 15 is 0 Å². The highest BCUT2D eigenvalue weighted by Gasteiger charge is 2.15. The van der Waals surface area contributed by atoms with Crippen LogP contribution in [-0.2, 0) is 0 Å². The number of thioether (sulfide) groups is 1. The van der Waals surface area contributed by atoms with Crippen molar-refractivity contribution in [3.8, 4) is 11.4 Å². The van der Waals surface area contributed by atoms with Gasteiger partial charge in [-0.3, -0.25) is 4.79 Å². The van der Waals surface area contributed by atoms with E-state index in [-0.39, 0.29) is 17.4 Å². The van der Waals surface area contributed by atoms with E-state index in [0.29, 0.717) is 22.2 Å². The first-order valence-electron chi connectivity index (χ1n) is 7.02. The molecule has 0 N–H and O–H groups in total. The number of tetrazole rings is 1. The Balaban J connectivity index is 1.76. The van der Waals surface area contributed by atoms with Crippen LogP contribution < -0.4 is 4.74 Å². The molecule has 0 radical (unpaired) electrons. The average Bonchev–Trinajstić information content (AvgIpc) is 3.08.